The van der Waals surface area contributed by atoms with E-state index in [1.165, 1.54) is 0 Å². The molecule has 2 aliphatic rings. The van der Waals surface area contributed by atoms with Gasteiger partial charge in [0.25, 0.3) is 0 Å². The molecule has 0 unspecified atom stereocenters. The second-order valence-electron chi connectivity index (χ2n) is 7.13. The molecule has 0 bridgehead atoms. The fourth-order valence-electron chi connectivity index (χ4n) is 3.37. The smallest absolute Gasteiger partial charge is 0.224 e. The average Bonchev–Trinajstić information content (AvgIpc) is 3.19. The molecule has 136 valence electrons. The largest absolute Gasteiger partial charge is 0.491 e. The zero-order chi connectivity index (χ0) is 17.9. The van der Waals surface area contributed by atoms with Crippen molar-refractivity contribution in [3.8, 4) is 5.75 Å². The monoisotopic (exact) mass is 346 g/mol. The number of likely N-dealkylation sites (tertiary alicyclic amines) is 2. The molecule has 0 saturated carbocycles. The van der Waals surface area contributed by atoms with E-state index >= 15 is 0 Å². The van der Waals surface area contributed by atoms with Gasteiger partial charge in [0, 0.05) is 32.5 Å². The Morgan fingerprint density at radius 1 is 1.28 bits per heavy atom. The summed E-state index contributed by atoms with van der Waals surface area (Å²) >= 11 is 0. The first-order valence-corrected chi connectivity index (χ1v) is 8.93. The van der Waals surface area contributed by atoms with E-state index in [2.05, 4.69) is 0 Å². The molecular weight excluding hydrogens is 320 g/mol. The van der Waals surface area contributed by atoms with Crippen LogP contribution in [0.15, 0.2) is 24.3 Å². The van der Waals surface area contributed by atoms with Gasteiger partial charge in [0.1, 0.15) is 18.0 Å². The van der Waals surface area contributed by atoms with Gasteiger partial charge in [-0.2, -0.15) is 0 Å². The number of aryl methyl sites for hydroxylation is 1. The van der Waals surface area contributed by atoms with Crippen LogP contribution in [-0.4, -0.2) is 65.1 Å². The minimum Gasteiger partial charge on any atom is -0.491 e. The molecular formula is C19H26N2O4. The highest BCUT2D eigenvalue weighted by molar-refractivity contribution is 5.80. The van der Waals surface area contributed by atoms with Crippen molar-refractivity contribution in [1.82, 2.24) is 9.80 Å². The first-order valence-electron chi connectivity index (χ1n) is 8.93. The summed E-state index contributed by atoms with van der Waals surface area (Å²) in [4.78, 5) is 27.4. The standard InChI is InChI=1S/C19H26N2O4/c1-15-4-6-16(7-5-15)25-14-19(24)9-12-21(13-19)18(23)8-11-20-10-2-3-17(20)22/h4-7,24H,2-3,8-14H2,1H3/t19-/m1/s1. The Balaban J connectivity index is 1.45. The molecule has 2 amide bonds. The fraction of sp³-hybridized carbons (Fsp3) is 0.579. The van der Waals surface area contributed by atoms with Crippen molar-refractivity contribution in [3.05, 3.63) is 29.8 Å². The summed E-state index contributed by atoms with van der Waals surface area (Å²) in [5.74, 6) is 0.847. The van der Waals surface area contributed by atoms with Gasteiger partial charge >= 0.3 is 0 Å². The Labute approximate surface area is 148 Å². The summed E-state index contributed by atoms with van der Waals surface area (Å²) in [5.41, 5.74) is 0.143. The van der Waals surface area contributed by atoms with Crippen molar-refractivity contribution in [2.75, 3.05) is 32.8 Å². The van der Waals surface area contributed by atoms with Gasteiger partial charge in [0.15, 0.2) is 0 Å². The van der Waals surface area contributed by atoms with Crippen molar-refractivity contribution in [2.45, 2.75) is 38.2 Å². The van der Waals surface area contributed by atoms with E-state index in [1.807, 2.05) is 31.2 Å². The lowest BCUT2D eigenvalue weighted by molar-refractivity contribution is -0.133. The van der Waals surface area contributed by atoms with Crippen molar-refractivity contribution in [2.24, 2.45) is 0 Å². The predicted octanol–water partition coefficient (Wildman–Crippen LogP) is 1.35. The van der Waals surface area contributed by atoms with Gasteiger partial charge in [0.05, 0.1) is 6.54 Å². The molecule has 1 N–H and O–H groups in total. The molecule has 0 aromatic heterocycles. The average molecular weight is 346 g/mol. The van der Waals surface area contributed by atoms with E-state index in [0.29, 0.717) is 32.4 Å². The van der Waals surface area contributed by atoms with Gasteiger partial charge in [0.2, 0.25) is 11.8 Å². The van der Waals surface area contributed by atoms with Crippen LogP contribution in [-0.2, 0) is 9.59 Å². The molecule has 3 rings (SSSR count). The first kappa shape index (κ1) is 17.7. The highest BCUT2D eigenvalue weighted by Crippen LogP contribution is 2.24. The lowest BCUT2D eigenvalue weighted by atomic mass is 10.1. The number of hydrogen-bond donors (Lipinski definition) is 1. The molecule has 6 heteroatoms. The number of aliphatic hydroxyl groups is 1. The van der Waals surface area contributed by atoms with Crippen LogP contribution in [0, 0.1) is 6.92 Å². The van der Waals surface area contributed by atoms with Gasteiger partial charge < -0.3 is 19.6 Å². The number of ether oxygens (including phenoxy) is 1. The minimum atomic E-state index is -1.01. The van der Waals surface area contributed by atoms with Crippen LogP contribution in [0.1, 0.15) is 31.2 Å². The Morgan fingerprint density at radius 3 is 2.72 bits per heavy atom. The van der Waals surface area contributed by atoms with Crippen molar-refractivity contribution < 1.29 is 19.4 Å². The number of β-amino-alcohol motifs (C(OH)–C–C–N with tert-alkyl or cyclic N) is 1. The minimum absolute atomic E-state index is 0.00837. The number of amides is 2. The van der Waals surface area contributed by atoms with E-state index in [1.54, 1.807) is 9.80 Å². The molecule has 0 aliphatic carbocycles. The van der Waals surface area contributed by atoms with Crippen molar-refractivity contribution in [3.63, 3.8) is 0 Å². The highest BCUT2D eigenvalue weighted by atomic mass is 16.5. The third-order valence-corrected chi connectivity index (χ3v) is 4.98. The zero-order valence-electron chi connectivity index (χ0n) is 14.7. The second-order valence-corrected chi connectivity index (χ2v) is 7.13. The zero-order valence-corrected chi connectivity index (χ0v) is 14.7. The Bertz CT molecular complexity index is 631. The summed E-state index contributed by atoms with van der Waals surface area (Å²) in [6.45, 7) is 4.22. The van der Waals surface area contributed by atoms with Crippen LogP contribution < -0.4 is 4.74 Å². The fourth-order valence-corrected chi connectivity index (χ4v) is 3.37. The number of carbonyl (C=O) groups is 2. The number of benzene rings is 1. The van der Waals surface area contributed by atoms with Gasteiger partial charge in [-0.25, -0.2) is 0 Å². The molecule has 0 spiro atoms. The molecule has 1 atom stereocenters. The summed E-state index contributed by atoms with van der Waals surface area (Å²) in [7, 11) is 0. The van der Waals surface area contributed by atoms with E-state index in [9.17, 15) is 14.7 Å². The molecule has 2 heterocycles. The van der Waals surface area contributed by atoms with Crippen LogP contribution in [0.3, 0.4) is 0 Å². The molecule has 2 saturated heterocycles. The summed E-state index contributed by atoms with van der Waals surface area (Å²) in [6, 6.07) is 7.68. The maximum atomic E-state index is 12.3. The van der Waals surface area contributed by atoms with Gasteiger partial charge in [-0.1, -0.05) is 17.7 Å². The summed E-state index contributed by atoms with van der Waals surface area (Å²) in [5, 5.41) is 10.7. The Kier molecular flexibility index (Phi) is 5.27. The quantitative estimate of drug-likeness (QED) is 0.844. The van der Waals surface area contributed by atoms with Crippen molar-refractivity contribution in [1.29, 1.82) is 0 Å². The summed E-state index contributed by atoms with van der Waals surface area (Å²) < 4.78 is 5.69. The molecule has 25 heavy (non-hydrogen) atoms. The molecule has 0 radical (unpaired) electrons. The van der Waals surface area contributed by atoms with Gasteiger partial charge in [-0.3, -0.25) is 9.59 Å². The number of carbonyl (C=O) groups excluding carboxylic acids is 2. The second kappa shape index (κ2) is 7.44. The van der Waals surface area contributed by atoms with Crippen LogP contribution in [0.2, 0.25) is 0 Å². The predicted molar refractivity (Wildman–Crippen MR) is 93.3 cm³/mol. The van der Waals surface area contributed by atoms with E-state index in [0.717, 1.165) is 24.3 Å². The first-order chi connectivity index (χ1) is 12.0. The lowest BCUT2D eigenvalue weighted by Gasteiger charge is -2.24. The van der Waals surface area contributed by atoms with Crippen LogP contribution in [0.5, 0.6) is 5.75 Å². The number of rotatable bonds is 6. The summed E-state index contributed by atoms with van der Waals surface area (Å²) in [6.07, 6.45) is 2.30. The van der Waals surface area contributed by atoms with E-state index < -0.39 is 5.60 Å². The van der Waals surface area contributed by atoms with E-state index in [4.69, 9.17) is 4.74 Å². The highest BCUT2D eigenvalue weighted by Gasteiger charge is 2.39. The molecule has 2 fully saturated rings. The Morgan fingerprint density at radius 2 is 2.04 bits per heavy atom. The van der Waals surface area contributed by atoms with Crippen LogP contribution in [0.25, 0.3) is 0 Å². The van der Waals surface area contributed by atoms with Gasteiger partial charge in [-0.15, -0.1) is 0 Å². The SMILES string of the molecule is Cc1ccc(OC[C@@]2(O)CCN(C(=O)CCN3CCCC3=O)C2)cc1. The molecule has 1 aromatic carbocycles. The number of hydrogen-bond acceptors (Lipinski definition) is 4. The Hall–Kier alpha value is -2.08. The molecule has 1 aromatic rings. The number of nitrogens with zero attached hydrogens (tertiary/aromatic N) is 2. The third-order valence-electron chi connectivity index (χ3n) is 4.98. The van der Waals surface area contributed by atoms with Crippen LogP contribution in [0.4, 0.5) is 0 Å². The lowest BCUT2D eigenvalue weighted by Crippen LogP contribution is -2.41. The maximum Gasteiger partial charge on any atom is 0.224 e. The van der Waals surface area contributed by atoms with Gasteiger partial charge in [-0.05, 0) is 31.9 Å². The van der Waals surface area contributed by atoms with Crippen LogP contribution >= 0.6 is 0 Å². The molecule has 2 aliphatic heterocycles. The topological polar surface area (TPSA) is 70.1 Å². The van der Waals surface area contributed by atoms with Crippen molar-refractivity contribution >= 4 is 11.8 Å². The maximum absolute atomic E-state index is 12.3. The van der Waals surface area contributed by atoms with E-state index in [-0.39, 0.29) is 25.0 Å². The normalized spacial score (nSPS) is 23.4. The third kappa shape index (κ3) is 4.51. The molecule has 6 nitrogen and oxygen atoms in total.